The first-order valence-corrected chi connectivity index (χ1v) is 8.08. The summed E-state index contributed by atoms with van der Waals surface area (Å²) in [5.41, 5.74) is 2.01. The van der Waals surface area contributed by atoms with Gasteiger partial charge in [0.15, 0.2) is 5.96 Å². The van der Waals surface area contributed by atoms with Crippen LogP contribution in [-0.4, -0.2) is 25.0 Å². The number of hydrogen-bond acceptors (Lipinski definition) is 3. The van der Waals surface area contributed by atoms with E-state index in [2.05, 4.69) is 20.9 Å². The van der Waals surface area contributed by atoms with Crippen molar-refractivity contribution in [3.8, 4) is 0 Å². The minimum atomic E-state index is -0.0625. The average molecular weight is 456 g/mol. The highest BCUT2D eigenvalue weighted by Gasteiger charge is 2.00. The van der Waals surface area contributed by atoms with Crippen molar-refractivity contribution in [2.24, 2.45) is 4.99 Å². The van der Waals surface area contributed by atoms with Crippen LogP contribution in [0.25, 0.3) is 0 Å². The first-order valence-electron chi connectivity index (χ1n) is 8.08. The Morgan fingerprint density at radius 2 is 1.92 bits per heavy atom. The van der Waals surface area contributed by atoms with E-state index in [1.807, 2.05) is 43.3 Å². The first-order chi connectivity index (χ1) is 11.7. The Bertz CT molecular complexity index is 654. The first kappa shape index (κ1) is 21.0. The van der Waals surface area contributed by atoms with Crippen LogP contribution in [0.4, 0.5) is 5.69 Å². The molecule has 0 fully saturated rings. The van der Waals surface area contributed by atoms with Gasteiger partial charge in [0.1, 0.15) is 12.3 Å². The lowest BCUT2D eigenvalue weighted by Gasteiger charge is -2.11. The van der Waals surface area contributed by atoms with E-state index < -0.39 is 0 Å². The molecule has 0 aliphatic rings. The van der Waals surface area contributed by atoms with Gasteiger partial charge < -0.3 is 20.4 Å². The fourth-order valence-electron chi connectivity index (χ4n) is 2.18. The van der Waals surface area contributed by atoms with E-state index in [0.29, 0.717) is 6.54 Å². The summed E-state index contributed by atoms with van der Waals surface area (Å²) in [4.78, 5) is 15.5. The van der Waals surface area contributed by atoms with Crippen LogP contribution in [0.15, 0.2) is 52.1 Å². The summed E-state index contributed by atoms with van der Waals surface area (Å²) in [6.07, 6.45) is 2.52. The molecule has 7 heteroatoms. The standard InChI is InChI=1S/C18H24N4O2.HI/c1-3-19-18(21-13-17-5-4-12-24-17)20-11-10-15-6-8-16(9-7-15)22-14(2)23;/h4-9,12H,3,10-11,13H2,1-2H3,(H,22,23)(H2,19,20,21);1H. The van der Waals surface area contributed by atoms with Crippen molar-refractivity contribution in [1.29, 1.82) is 0 Å². The van der Waals surface area contributed by atoms with E-state index >= 15 is 0 Å². The van der Waals surface area contributed by atoms with E-state index in [0.717, 1.165) is 36.9 Å². The summed E-state index contributed by atoms with van der Waals surface area (Å²) in [5, 5.41) is 9.28. The van der Waals surface area contributed by atoms with Gasteiger partial charge in [0.25, 0.3) is 0 Å². The van der Waals surface area contributed by atoms with Crippen LogP contribution < -0.4 is 16.0 Å². The topological polar surface area (TPSA) is 78.7 Å². The molecule has 0 spiro atoms. The predicted octanol–water partition coefficient (Wildman–Crippen LogP) is 3.15. The number of benzene rings is 1. The second-order valence-electron chi connectivity index (χ2n) is 5.33. The second kappa shape index (κ2) is 11.5. The van der Waals surface area contributed by atoms with Crippen molar-refractivity contribution in [2.75, 3.05) is 18.4 Å². The molecule has 1 heterocycles. The summed E-state index contributed by atoms with van der Waals surface area (Å²) in [6, 6.07) is 11.6. The van der Waals surface area contributed by atoms with Gasteiger partial charge in [-0.05, 0) is 43.2 Å². The number of furan rings is 1. The molecule has 0 radical (unpaired) electrons. The third-order valence-corrected chi connectivity index (χ3v) is 3.30. The molecule has 0 bridgehead atoms. The van der Waals surface area contributed by atoms with Gasteiger partial charge in [-0.2, -0.15) is 0 Å². The monoisotopic (exact) mass is 456 g/mol. The zero-order valence-electron chi connectivity index (χ0n) is 14.5. The van der Waals surface area contributed by atoms with E-state index in [1.165, 1.54) is 12.5 Å². The van der Waals surface area contributed by atoms with Gasteiger partial charge in [-0.3, -0.25) is 4.79 Å². The number of nitrogens with one attached hydrogen (secondary N) is 3. The smallest absolute Gasteiger partial charge is 0.221 e. The number of aliphatic imine (C=N–C) groups is 1. The van der Waals surface area contributed by atoms with Gasteiger partial charge in [0.2, 0.25) is 5.91 Å². The maximum atomic E-state index is 11.0. The summed E-state index contributed by atoms with van der Waals surface area (Å²) in [7, 11) is 0. The van der Waals surface area contributed by atoms with Crippen LogP contribution in [0, 0.1) is 0 Å². The molecule has 0 aliphatic carbocycles. The molecule has 0 saturated carbocycles. The largest absolute Gasteiger partial charge is 0.467 e. The summed E-state index contributed by atoms with van der Waals surface area (Å²) >= 11 is 0. The predicted molar refractivity (Wildman–Crippen MR) is 111 cm³/mol. The maximum absolute atomic E-state index is 11.0. The molecule has 0 aliphatic heterocycles. The lowest BCUT2D eigenvalue weighted by Crippen LogP contribution is -2.38. The van der Waals surface area contributed by atoms with Crippen LogP contribution >= 0.6 is 24.0 Å². The van der Waals surface area contributed by atoms with Crippen LogP contribution in [0.3, 0.4) is 0 Å². The zero-order valence-corrected chi connectivity index (χ0v) is 16.9. The van der Waals surface area contributed by atoms with Gasteiger partial charge in [-0.15, -0.1) is 24.0 Å². The van der Waals surface area contributed by atoms with E-state index in [1.54, 1.807) is 6.26 Å². The molecule has 2 rings (SSSR count). The Balaban J connectivity index is 0.00000312. The Morgan fingerprint density at radius 1 is 1.16 bits per heavy atom. The number of halogens is 1. The molecule has 1 amide bonds. The molecular formula is C18H25IN4O2. The molecule has 0 saturated heterocycles. The van der Waals surface area contributed by atoms with Gasteiger partial charge >= 0.3 is 0 Å². The van der Waals surface area contributed by atoms with Crippen molar-refractivity contribution in [3.63, 3.8) is 0 Å². The molecule has 1 aromatic carbocycles. The Labute approximate surface area is 165 Å². The van der Waals surface area contributed by atoms with Crippen LogP contribution in [0.5, 0.6) is 0 Å². The number of nitrogens with zero attached hydrogens (tertiary/aromatic N) is 1. The maximum Gasteiger partial charge on any atom is 0.221 e. The highest BCUT2D eigenvalue weighted by atomic mass is 127. The third-order valence-electron chi connectivity index (χ3n) is 3.30. The fourth-order valence-corrected chi connectivity index (χ4v) is 2.18. The quantitative estimate of drug-likeness (QED) is 0.340. The van der Waals surface area contributed by atoms with Crippen molar-refractivity contribution in [3.05, 3.63) is 54.0 Å². The van der Waals surface area contributed by atoms with Gasteiger partial charge in [0.05, 0.1) is 6.26 Å². The highest BCUT2D eigenvalue weighted by Crippen LogP contribution is 2.09. The number of amides is 1. The second-order valence-corrected chi connectivity index (χ2v) is 5.33. The minimum absolute atomic E-state index is 0. The summed E-state index contributed by atoms with van der Waals surface area (Å²) < 4.78 is 5.28. The Kier molecular flexibility index (Phi) is 9.68. The van der Waals surface area contributed by atoms with Gasteiger partial charge in [0, 0.05) is 25.7 Å². The molecule has 2 aromatic rings. The fraction of sp³-hybridized carbons (Fsp3) is 0.333. The van der Waals surface area contributed by atoms with Crippen LogP contribution in [0.2, 0.25) is 0 Å². The third kappa shape index (κ3) is 8.06. The molecule has 0 unspecified atom stereocenters. The highest BCUT2D eigenvalue weighted by molar-refractivity contribution is 14.0. The molecule has 25 heavy (non-hydrogen) atoms. The lowest BCUT2D eigenvalue weighted by molar-refractivity contribution is -0.114. The van der Waals surface area contributed by atoms with Crippen molar-refractivity contribution in [2.45, 2.75) is 26.8 Å². The summed E-state index contributed by atoms with van der Waals surface area (Å²) in [5.74, 6) is 1.54. The average Bonchev–Trinajstić information content (AvgIpc) is 3.07. The number of guanidine groups is 1. The van der Waals surface area contributed by atoms with Crippen molar-refractivity contribution in [1.82, 2.24) is 10.6 Å². The number of rotatable bonds is 7. The number of carbonyl (C=O) groups is 1. The normalized spacial score (nSPS) is 10.7. The molecule has 3 N–H and O–H groups in total. The molecule has 0 atom stereocenters. The van der Waals surface area contributed by atoms with E-state index in [9.17, 15) is 4.79 Å². The minimum Gasteiger partial charge on any atom is -0.467 e. The van der Waals surface area contributed by atoms with Crippen LogP contribution in [-0.2, 0) is 17.8 Å². The van der Waals surface area contributed by atoms with Crippen molar-refractivity contribution >= 4 is 41.5 Å². The molecule has 1 aromatic heterocycles. The molecule has 136 valence electrons. The molecule has 6 nitrogen and oxygen atoms in total. The van der Waals surface area contributed by atoms with E-state index in [4.69, 9.17) is 4.42 Å². The Hall–Kier alpha value is -2.03. The zero-order chi connectivity index (χ0) is 17.2. The van der Waals surface area contributed by atoms with Gasteiger partial charge in [-0.1, -0.05) is 12.1 Å². The van der Waals surface area contributed by atoms with E-state index in [-0.39, 0.29) is 29.9 Å². The number of hydrogen-bond donors (Lipinski definition) is 3. The molecular weight excluding hydrogens is 431 g/mol. The van der Waals surface area contributed by atoms with Gasteiger partial charge in [-0.25, -0.2) is 4.99 Å². The SMILES string of the molecule is CCNC(=NCc1ccco1)NCCc1ccc(NC(C)=O)cc1.I. The van der Waals surface area contributed by atoms with Crippen molar-refractivity contribution < 1.29 is 9.21 Å². The Morgan fingerprint density at radius 3 is 2.52 bits per heavy atom. The summed E-state index contributed by atoms with van der Waals surface area (Å²) in [6.45, 7) is 5.61. The number of anilines is 1. The van der Waals surface area contributed by atoms with Crippen LogP contribution in [0.1, 0.15) is 25.2 Å². The number of carbonyl (C=O) groups excluding carboxylic acids is 1. The lowest BCUT2D eigenvalue weighted by atomic mass is 10.1.